The molecule has 0 fully saturated rings. The van der Waals surface area contributed by atoms with Crippen LogP contribution in [0.15, 0.2) is 24.3 Å². The highest BCUT2D eigenvalue weighted by atomic mass is 16.5. The highest BCUT2D eigenvalue weighted by Crippen LogP contribution is 2.28. The predicted octanol–water partition coefficient (Wildman–Crippen LogP) is 7.22. The van der Waals surface area contributed by atoms with Crippen LogP contribution in [0, 0.1) is 0 Å². The molecule has 0 bridgehead atoms. The summed E-state index contributed by atoms with van der Waals surface area (Å²) in [5.74, 6) is 1.01. The van der Waals surface area contributed by atoms with Gasteiger partial charge in [-0.05, 0) is 25.0 Å². The van der Waals surface area contributed by atoms with E-state index in [2.05, 4.69) is 43.0 Å². The lowest BCUT2D eigenvalue weighted by atomic mass is 10.1. The molecule has 0 aliphatic heterocycles. The Morgan fingerprint density at radius 3 is 1.68 bits per heavy atom. The lowest BCUT2D eigenvalue weighted by Crippen LogP contribution is -2.26. The van der Waals surface area contributed by atoms with Gasteiger partial charge in [0.1, 0.15) is 5.75 Å². The molecule has 0 saturated carbocycles. The fourth-order valence-corrected chi connectivity index (χ4v) is 3.41. The number of unbranched alkanes of at least 4 members (excludes halogenated alkanes) is 10. The topological polar surface area (TPSA) is 12.5 Å². The minimum atomic E-state index is 1.01. The molecule has 0 aromatic heterocycles. The summed E-state index contributed by atoms with van der Waals surface area (Å²) in [6.07, 6.45) is 16.2. The number of benzene rings is 1. The van der Waals surface area contributed by atoms with Crippen molar-refractivity contribution >= 4 is 5.69 Å². The van der Waals surface area contributed by atoms with Crippen molar-refractivity contribution in [3.05, 3.63) is 24.3 Å². The van der Waals surface area contributed by atoms with Gasteiger partial charge in [0.05, 0.1) is 12.8 Å². The summed E-state index contributed by atoms with van der Waals surface area (Å²) in [4.78, 5) is 2.55. The Morgan fingerprint density at radius 1 is 0.680 bits per heavy atom. The zero-order valence-electron chi connectivity index (χ0n) is 17.1. The molecular formula is C23H41NO. The van der Waals surface area contributed by atoms with Crippen LogP contribution < -0.4 is 9.64 Å². The largest absolute Gasteiger partial charge is 0.495 e. The molecule has 0 unspecified atom stereocenters. The lowest BCUT2D eigenvalue weighted by Gasteiger charge is -2.26. The van der Waals surface area contributed by atoms with Crippen LogP contribution in [0.5, 0.6) is 5.75 Å². The van der Waals surface area contributed by atoms with E-state index in [1.54, 1.807) is 7.11 Å². The van der Waals surface area contributed by atoms with Gasteiger partial charge >= 0.3 is 0 Å². The van der Waals surface area contributed by atoms with Crippen molar-refractivity contribution in [2.45, 2.75) is 90.9 Å². The molecule has 0 atom stereocenters. The van der Waals surface area contributed by atoms with Gasteiger partial charge < -0.3 is 9.64 Å². The number of hydrogen-bond donors (Lipinski definition) is 0. The van der Waals surface area contributed by atoms with Crippen molar-refractivity contribution in [3.63, 3.8) is 0 Å². The first-order valence-corrected chi connectivity index (χ1v) is 10.7. The average molecular weight is 348 g/mol. The summed E-state index contributed by atoms with van der Waals surface area (Å²) in [5.41, 5.74) is 1.27. The average Bonchev–Trinajstić information content (AvgIpc) is 2.65. The van der Waals surface area contributed by atoms with Crippen LogP contribution in [0.25, 0.3) is 0 Å². The van der Waals surface area contributed by atoms with E-state index in [0.29, 0.717) is 0 Å². The third-order valence-electron chi connectivity index (χ3n) is 4.99. The Morgan fingerprint density at radius 2 is 1.16 bits per heavy atom. The van der Waals surface area contributed by atoms with Crippen LogP contribution in [0.3, 0.4) is 0 Å². The molecule has 0 aliphatic rings. The van der Waals surface area contributed by atoms with Crippen LogP contribution in [-0.2, 0) is 0 Å². The molecule has 0 spiro atoms. The first-order chi connectivity index (χ1) is 12.3. The van der Waals surface area contributed by atoms with E-state index in [9.17, 15) is 0 Å². The normalized spacial score (nSPS) is 10.8. The summed E-state index contributed by atoms with van der Waals surface area (Å²) < 4.78 is 5.60. The highest BCUT2D eigenvalue weighted by Gasteiger charge is 2.11. The number of nitrogens with zero attached hydrogens (tertiary/aromatic N) is 1. The standard InChI is InChI=1S/C23H41NO/c1-4-6-8-10-12-16-20-24(21-17-13-11-9-7-5-2)22-18-14-15-19-23(22)25-3/h14-15,18-19H,4-13,16-17,20-21H2,1-3H3. The smallest absolute Gasteiger partial charge is 0.142 e. The number of hydrogen-bond acceptors (Lipinski definition) is 2. The quantitative estimate of drug-likeness (QED) is 0.293. The van der Waals surface area contributed by atoms with Gasteiger partial charge in [-0.25, -0.2) is 0 Å². The molecule has 144 valence electrons. The van der Waals surface area contributed by atoms with Gasteiger partial charge in [-0.15, -0.1) is 0 Å². The fourth-order valence-electron chi connectivity index (χ4n) is 3.41. The van der Waals surface area contributed by atoms with Gasteiger partial charge in [0.25, 0.3) is 0 Å². The highest BCUT2D eigenvalue weighted by molar-refractivity contribution is 5.58. The summed E-state index contributed by atoms with van der Waals surface area (Å²) in [7, 11) is 1.78. The van der Waals surface area contributed by atoms with E-state index in [0.717, 1.165) is 18.8 Å². The molecule has 2 nitrogen and oxygen atoms in total. The van der Waals surface area contributed by atoms with Gasteiger partial charge in [0.15, 0.2) is 0 Å². The number of anilines is 1. The van der Waals surface area contributed by atoms with E-state index >= 15 is 0 Å². The van der Waals surface area contributed by atoms with Crippen LogP contribution in [0.4, 0.5) is 5.69 Å². The molecular weight excluding hydrogens is 306 g/mol. The monoisotopic (exact) mass is 347 g/mol. The van der Waals surface area contributed by atoms with E-state index in [1.165, 1.54) is 82.7 Å². The van der Waals surface area contributed by atoms with Crippen molar-refractivity contribution in [3.8, 4) is 5.75 Å². The minimum Gasteiger partial charge on any atom is -0.495 e. The maximum atomic E-state index is 5.60. The number of para-hydroxylation sites is 2. The summed E-state index contributed by atoms with van der Waals surface area (Å²) in [6.45, 7) is 6.87. The van der Waals surface area contributed by atoms with Gasteiger partial charge in [-0.2, -0.15) is 0 Å². The Labute approximate surface area is 157 Å². The molecule has 25 heavy (non-hydrogen) atoms. The Balaban J connectivity index is 2.46. The number of methoxy groups -OCH3 is 1. The van der Waals surface area contributed by atoms with Gasteiger partial charge in [-0.3, -0.25) is 0 Å². The van der Waals surface area contributed by atoms with E-state index < -0.39 is 0 Å². The van der Waals surface area contributed by atoms with Crippen molar-refractivity contribution in [2.24, 2.45) is 0 Å². The SMILES string of the molecule is CCCCCCCCN(CCCCCCCC)c1ccccc1OC. The second-order valence-electron chi connectivity index (χ2n) is 7.19. The second kappa shape index (κ2) is 15.1. The molecule has 1 aromatic carbocycles. The molecule has 1 aromatic rings. The number of rotatable bonds is 16. The molecule has 0 radical (unpaired) electrons. The van der Waals surface area contributed by atoms with E-state index in [1.807, 2.05) is 0 Å². The van der Waals surface area contributed by atoms with Crippen LogP contribution in [0.2, 0.25) is 0 Å². The molecule has 1 rings (SSSR count). The van der Waals surface area contributed by atoms with Crippen molar-refractivity contribution < 1.29 is 4.74 Å². The van der Waals surface area contributed by atoms with Crippen LogP contribution >= 0.6 is 0 Å². The first kappa shape index (κ1) is 21.9. The van der Waals surface area contributed by atoms with Gasteiger partial charge in [-0.1, -0.05) is 90.2 Å². The Kier molecular flexibility index (Phi) is 13.2. The molecule has 0 N–H and O–H groups in total. The first-order valence-electron chi connectivity index (χ1n) is 10.7. The predicted molar refractivity (Wildman–Crippen MR) is 112 cm³/mol. The summed E-state index contributed by atoms with van der Waals surface area (Å²) >= 11 is 0. The molecule has 2 heteroatoms. The van der Waals surface area contributed by atoms with Crippen molar-refractivity contribution in [1.29, 1.82) is 0 Å². The fraction of sp³-hybridized carbons (Fsp3) is 0.739. The molecule has 0 saturated heterocycles. The molecule has 0 amide bonds. The van der Waals surface area contributed by atoms with Crippen molar-refractivity contribution in [1.82, 2.24) is 0 Å². The summed E-state index contributed by atoms with van der Waals surface area (Å²) in [5, 5.41) is 0. The van der Waals surface area contributed by atoms with E-state index in [-0.39, 0.29) is 0 Å². The van der Waals surface area contributed by atoms with Crippen LogP contribution in [-0.4, -0.2) is 20.2 Å². The third kappa shape index (κ3) is 9.77. The maximum absolute atomic E-state index is 5.60. The van der Waals surface area contributed by atoms with Gasteiger partial charge in [0.2, 0.25) is 0 Å². The third-order valence-corrected chi connectivity index (χ3v) is 4.99. The zero-order chi connectivity index (χ0) is 18.2. The summed E-state index contributed by atoms with van der Waals surface area (Å²) in [6, 6.07) is 8.50. The van der Waals surface area contributed by atoms with E-state index in [4.69, 9.17) is 4.74 Å². The Hall–Kier alpha value is -1.18. The van der Waals surface area contributed by atoms with Crippen LogP contribution in [0.1, 0.15) is 90.9 Å². The lowest BCUT2D eigenvalue weighted by molar-refractivity contribution is 0.413. The van der Waals surface area contributed by atoms with Crippen molar-refractivity contribution in [2.75, 3.05) is 25.1 Å². The molecule has 0 aliphatic carbocycles. The molecule has 0 heterocycles. The minimum absolute atomic E-state index is 1.01. The maximum Gasteiger partial charge on any atom is 0.142 e. The Bertz CT molecular complexity index is 402. The number of ether oxygens (including phenoxy) is 1. The van der Waals surface area contributed by atoms with Gasteiger partial charge in [0, 0.05) is 13.1 Å². The second-order valence-corrected chi connectivity index (χ2v) is 7.19. The zero-order valence-corrected chi connectivity index (χ0v) is 17.1.